The predicted octanol–water partition coefficient (Wildman–Crippen LogP) is 1.23. The summed E-state index contributed by atoms with van der Waals surface area (Å²) in [6.07, 6.45) is 1.06. The van der Waals surface area contributed by atoms with Crippen molar-refractivity contribution in [3.05, 3.63) is 65.7 Å². The Bertz CT molecular complexity index is 629. The molecule has 5 nitrogen and oxygen atoms in total. The van der Waals surface area contributed by atoms with E-state index in [2.05, 4.69) is 4.98 Å². The molecule has 1 aromatic heterocycles. The largest absolute Gasteiger partial charge is 0.361 e. The zero-order valence-corrected chi connectivity index (χ0v) is 11.2. The van der Waals surface area contributed by atoms with Gasteiger partial charge in [-0.05, 0) is 17.7 Å². The normalized spacial score (nSPS) is 10.1. The van der Waals surface area contributed by atoms with Crippen molar-refractivity contribution in [3.63, 3.8) is 0 Å². The third kappa shape index (κ3) is 4.10. The van der Waals surface area contributed by atoms with Crippen molar-refractivity contribution < 1.29 is 14.0 Å². The van der Waals surface area contributed by atoms with Crippen molar-refractivity contribution in [1.82, 2.24) is 9.88 Å². The minimum atomic E-state index is -1.03. The van der Waals surface area contributed by atoms with Gasteiger partial charge in [0.25, 0.3) is 0 Å². The number of benzene rings is 1. The Balaban J connectivity index is 2.18. The fourth-order valence-corrected chi connectivity index (χ4v) is 1.85. The molecule has 2 rings (SSSR count). The summed E-state index contributed by atoms with van der Waals surface area (Å²) in [6.45, 7) is 0.304. The van der Waals surface area contributed by atoms with Crippen LogP contribution >= 0.6 is 0 Å². The molecule has 21 heavy (non-hydrogen) atoms. The molecule has 2 aromatic rings. The van der Waals surface area contributed by atoms with Gasteiger partial charge >= 0.3 is 11.8 Å². The number of carbonyl (C=O) groups is 2. The molecular weight excluding hydrogens is 273 g/mol. The van der Waals surface area contributed by atoms with Crippen LogP contribution in [-0.4, -0.2) is 21.7 Å². The quantitative estimate of drug-likeness (QED) is 0.859. The maximum atomic E-state index is 12.8. The smallest absolute Gasteiger partial charge is 0.312 e. The number of halogens is 1. The fourth-order valence-electron chi connectivity index (χ4n) is 1.85. The second-order valence-electron chi connectivity index (χ2n) is 4.48. The highest BCUT2D eigenvalue weighted by Crippen LogP contribution is 2.09. The molecule has 0 saturated carbocycles. The van der Waals surface area contributed by atoms with Crippen LogP contribution in [-0.2, 0) is 22.7 Å². The van der Waals surface area contributed by atoms with Crippen LogP contribution in [0.1, 0.15) is 11.3 Å². The van der Waals surface area contributed by atoms with Crippen molar-refractivity contribution in [2.45, 2.75) is 13.1 Å². The van der Waals surface area contributed by atoms with Gasteiger partial charge in [0, 0.05) is 6.54 Å². The van der Waals surface area contributed by atoms with Gasteiger partial charge in [-0.15, -0.1) is 0 Å². The van der Waals surface area contributed by atoms with Crippen LogP contribution < -0.4 is 5.73 Å². The predicted molar refractivity (Wildman–Crippen MR) is 74.1 cm³/mol. The third-order valence-electron chi connectivity index (χ3n) is 2.86. The monoisotopic (exact) mass is 287 g/mol. The van der Waals surface area contributed by atoms with E-state index >= 15 is 0 Å². The van der Waals surface area contributed by atoms with E-state index in [0.717, 1.165) is 11.8 Å². The maximum absolute atomic E-state index is 12.8. The zero-order valence-electron chi connectivity index (χ0n) is 11.2. The van der Waals surface area contributed by atoms with Crippen molar-refractivity contribution in [2.24, 2.45) is 5.73 Å². The van der Waals surface area contributed by atoms with Gasteiger partial charge in [-0.25, -0.2) is 4.39 Å². The number of aromatic nitrogens is 1. The molecule has 1 heterocycles. The van der Waals surface area contributed by atoms with E-state index in [4.69, 9.17) is 5.73 Å². The zero-order chi connectivity index (χ0) is 15.2. The van der Waals surface area contributed by atoms with Gasteiger partial charge in [0.2, 0.25) is 0 Å². The summed E-state index contributed by atoms with van der Waals surface area (Å²) in [5.74, 6) is -2.30. The topological polar surface area (TPSA) is 76.3 Å². The number of amides is 2. The first-order valence-corrected chi connectivity index (χ1v) is 6.29. The number of nitrogens with two attached hydrogens (primary N) is 1. The van der Waals surface area contributed by atoms with Crippen molar-refractivity contribution in [2.75, 3.05) is 0 Å². The molecule has 0 atom stereocenters. The summed E-state index contributed by atoms with van der Waals surface area (Å²) in [5.41, 5.74) is 6.39. The molecule has 0 aliphatic carbocycles. The summed E-state index contributed by atoms with van der Waals surface area (Å²) in [5, 5.41) is 0. The first-order chi connectivity index (χ1) is 10.1. The summed E-state index contributed by atoms with van der Waals surface area (Å²) in [4.78, 5) is 28.2. The lowest BCUT2D eigenvalue weighted by molar-refractivity contribution is -0.145. The molecule has 108 valence electrons. The standard InChI is InChI=1S/C15H14FN3O2/c16-12-6-7-13(18-8-12)10-19(15(21)14(17)20)9-11-4-2-1-3-5-11/h1-8H,9-10H2,(H2,17,20). The first kappa shape index (κ1) is 14.6. The lowest BCUT2D eigenvalue weighted by atomic mass is 10.2. The van der Waals surface area contributed by atoms with Gasteiger partial charge < -0.3 is 10.6 Å². The van der Waals surface area contributed by atoms with Crippen LogP contribution in [0.2, 0.25) is 0 Å². The van der Waals surface area contributed by atoms with E-state index in [0.29, 0.717) is 5.69 Å². The van der Waals surface area contributed by atoms with E-state index in [1.165, 1.54) is 17.0 Å². The Morgan fingerprint density at radius 1 is 1.10 bits per heavy atom. The Morgan fingerprint density at radius 2 is 1.81 bits per heavy atom. The minimum Gasteiger partial charge on any atom is -0.361 e. The molecule has 0 radical (unpaired) electrons. The number of rotatable bonds is 4. The minimum absolute atomic E-state index is 0.0803. The van der Waals surface area contributed by atoms with Gasteiger partial charge in [-0.1, -0.05) is 30.3 Å². The Kier molecular flexibility index (Phi) is 4.61. The molecule has 0 unspecified atom stereocenters. The number of pyridine rings is 1. The van der Waals surface area contributed by atoms with Crippen molar-refractivity contribution >= 4 is 11.8 Å². The maximum Gasteiger partial charge on any atom is 0.312 e. The molecule has 2 amide bonds. The number of nitrogens with zero attached hydrogens (tertiary/aromatic N) is 2. The van der Waals surface area contributed by atoms with Crippen LogP contribution in [0, 0.1) is 5.82 Å². The molecule has 1 aromatic carbocycles. The number of primary amides is 1. The molecular formula is C15H14FN3O2. The number of hydrogen-bond donors (Lipinski definition) is 1. The summed E-state index contributed by atoms with van der Waals surface area (Å²) in [7, 11) is 0. The third-order valence-corrected chi connectivity index (χ3v) is 2.86. The molecule has 0 aliphatic heterocycles. The summed E-state index contributed by atoms with van der Waals surface area (Å²) in [6, 6.07) is 11.9. The van der Waals surface area contributed by atoms with Crippen molar-refractivity contribution in [1.29, 1.82) is 0 Å². The Labute approximate surface area is 121 Å². The molecule has 0 aliphatic rings. The lowest BCUT2D eigenvalue weighted by Crippen LogP contribution is -2.39. The molecule has 0 bridgehead atoms. The molecule has 2 N–H and O–H groups in total. The summed E-state index contributed by atoms with van der Waals surface area (Å²) >= 11 is 0. The van der Waals surface area contributed by atoms with Crippen LogP contribution in [0.25, 0.3) is 0 Å². The highest BCUT2D eigenvalue weighted by atomic mass is 19.1. The van der Waals surface area contributed by atoms with Gasteiger partial charge in [0.05, 0.1) is 18.4 Å². The fraction of sp³-hybridized carbons (Fsp3) is 0.133. The lowest BCUT2D eigenvalue weighted by Gasteiger charge is -2.20. The molecule has 0 saturated heterocycles. The van der Waals surface area contributed by atoms with E-state index in [-0.39, 0.29) is 13.1 Å². The van der Waals surface area contributed by atoms with E-state index in [9.17, 15) is 14.0 Å². The highest BCUT2D eigenvalue weighted by Gasteiger charge is 2.20. The summed E-state index contributed by atoms with van der Waals surface area (Å²) < 4.78 is 12.8. The van der Waals surface area contributed by atoms with E-state index in [1.807, 2.05) is 30.3 Å². The van der Waals surface area contributed by atoms with Crippen LogP contribution in [0.5, 0.6) is 0 Å². The molecule has 0 fully saturated rings. The van der Waals surface area contributed by atoms with Crippen molar-refractivity contribution in [3.8, 4) is 0 Å². The highest BCUT2D eigenvalue weighted by molar-refractivity contribution is 6.34. The molecule has 0 spiro atoms. The first-order valence-electron chi connectivity index (χ1n) is 6.29. The van der Waals surface area contributed by atoms with E-state index in [1.54, 1.807) is 0 Å². The number of hydrogen-bond acceptors (Lipinski definition) is 3. The van der Waals surface area contributed by atoms with E-state index < -0.39 is 17.6 Å². The van der Waals surface area contributed by atoms with Gasteiger partial charge in [0.15, 0.2) is 0 Å². The average molecular weight is 287 g/mol. The van der Waals surface area contributed by atoms with Crippen LogP contribution in [0.15, 0.2) is 48.7 Å². The van der Waals surface area contributed by atoms with Crippen LogP contribution in [0.4, 0.5) is 4.39 Å². The SMILES string of the molecule is NC(=O)C(=O)N(Cc1ccccc1)Cc1ccc(F)cn1. The number of carbonyl (C=O) groups excluding carboxylic acids is 2. The Morgan fingerprint density at radius 3 is 2.38 bits per heavy atom. The van der Waals surface area contributed by atoms with Crippen LogP contribution in [0.3, 0.4) is 0 Å². The average Bonchev–Trinajstić information content (AvgIpc) is 2.49. The molecule has 6 heteroatoms. The van der Waals surface area contributed by atoms with Gasteiger partial charge in [-0.3, -0.25) is 14.6 Å². The van der Waals surface area contributed by atoms with Gasteiger partial charge in [0.1, 0.15) is 5.82 Å². The second kappa shape index (κ2) is 6.60. The Hall–Kier alpha value is -2.76. The van der Waals surface area contributed by atoms with Gasteiger partial charge in [-0.2, -0.15) is 0 Å². The second-order valence-corrected chi connectivity index (χ2v) is 4.48.